The second-order valence-electron chi connectivity index (χ2n) is 5.00. The minimum absolute atomic E-state index is 0.314. The monoisotopic (exact) mass is 351 g/mol. The molecule has 2 aromatic rings. The quantitative estimate of drug-likeness (QED) is 0.829. The Bertz CT molecular complexity index is 583. The third-order valence-corrected chi connectivity index (χ3v) is 4.23. The number of rotatable bonds is 7. The minimum Gasteiger partial charge on any atom is -0.496 e. The molecule has 1 unspecified atom stereocenters. The van der Waals surface area contributed by atoms with Crippen molar-refractivity contribution in [2.75, 3.05) is 13.7 Å². The van der Waals surface area contributed by atoms with Gasteiger partial charge in [-0.1, -0.05) is 13.0 Å². The van der Waals surface area contributed by atoms with Crippen LogP contribution in [0.4, 0.5) is 0 Å². The number of nitrogens with zero attached hydrogens (tertiary/aromatic N) is 2. The van der Waals surface area contributed by atoms with E-state index in [2.05, 4.69) is 49.9 Å². The normalized spacial score (nSPS) is 12.4. The van der Waals surface area contributed by atoms with E-state index >= 15 is 0 Å². The van der Waals surface area contributed by atoms with Crippen molar-refractivity contribution in [2.45, 2.75) is 25.8 Å². The van der Waals surface area contributed by atoms with Crippen molar-refractivity contribution in [3.8, 4) is 5.75 Å². The van der Waals surface area contributed by atoms with Crippen molar-refractivity contribution in [2.24, 2.45) is 7.05 Å². The van der Waals surface area contributed by atoms with Crippen molar-refractivity contribution in [1.82, 2.24) is 14.9 Å². The van der Waals surface area contributed by atoms with Gasteiger partial charge in [0.2, 0.25) is 0 Å². The van der Waals surface area contributed by atoms with Gasteiger partial charge in [0.1, 0.15) is 11.6 Å². The SMILES string of the molecule is CCNC(CCc1nccn1C)c1ccc(OC)c(Br)c1. The largest absolute Gasteiger partial charge is 0.496 e. The van der Waals surface area contributed by atoms with Crippen LogP contribution in [0.3, 0.4) is 0 Å². The molecule has 114 valence electrons. The summed E-state index contributed by atoms with van der Waals surface area (Å²) in [5, 5.41) is 3.55. The lowest BCUT2D eigenvalue weighted by Gasteiger charge is -2.19. The zero-order valence-electron chi connectivity index (χ0n) is 12.8. The molecule has 0 saturated heterocycles. The lowest BCUT2D eigenvalue weighted by atomic mass is 10.0. The van der Waals surface area contributed by atoms with Crippen molar-refractivity contribution in [1.29, 1.82) is 0 Å². The van der Waals surface area contributed by atoms with Crippen LogP contribution in [-0.4, -0.2) is 23.2 Å². The second kappa shape index (κ2) is 7.61. The number of methoxy groups -OCH3 is 1. The van der Waals surface area contributed by atoms with Crippen molar-refractivity contribution >= 4 is 15.9 Å². The first-order valence-corrected chi connectivity index (χ1v) is 7.98. The van der Waals surface area contributed by atoms with E-state index in [0.29, 0.717) is 6.04 Å². The third-order valence-electron chi connectivity index (χ3n) is 3.61. The van der Waals surface area contributed by atoms with Gasteiger partial charge in [0, 0.05) is 31.9 Å². The van der Waals surface area contributed by atoms with E-state index in [-0.39, 0.29) is 0 Å². The van der Waals surface area contributed by atoms with Crippen LogP contribution in [0.25, 0.3) is 0 Å². The summed E-state index contributed by atoms with van der Waals surface area (Å²) < 4.78 is 8.36. The van der Waals surface area contributed by atoms with Crippen molar-refractivity contribution in [3.63, 3.8) is 0 Å². The molecule has 0 spiro atoms. The van der Waals surface area contributed by atoms with Gasteiger partial charge in [-0.3, -0.25) is 0 Å². The summed E-state index contributed by atoms with van der Waals surface area (Å²) >= 11 is 3.56. The predicted octanol–water partition coefficient (Wildman–Crippen LogP) is 3.47. The molecular weight excluding hydrogens is 330 g/mol. The molecule has 4 nitrogen and oxygen atoms in total. The van der Waals surface area contributed by atoms with E-state index < -0.39 is 0 Å². The van der Waals surface area contributed by atoms with E-state index in [9.17, 15) is 0 Å². The molecule has 2 rings (SSSR count). The molecule has 0 bridgehead atoms. The number of aryl methyl sites for hydroxylation is 2. The third kappa shape index (κ3) is 4.08. The van der Waals surface area contributed by atoms with Crippen molar-refractivity contribution < 1.29 is 4.74 Å². The Morgan fingerprint density at radius 1 is 1.43 bits per heavy atom. The van der Waals surface area contributed by atoms with Gasteiger partial charge in [-0.05, 0) is 46.6 Å². The van der Waals surface area contributed by atoms with Crippen LogP contribution in [0.5, 0.6) is 5.75 Å². The molecule has 5 heteroatoms. The number of benzene rings is 1. The fourth-order valence-electron chi connectivity index (χ4n) is 2.44. The number of imidazole rings is 1. The van der Waals surface area contributed by atoms with Gasteiger partial charge in [-0.2, -0.15) is 0 Å². The highest BCUT2D eigenvalue weighted by Crippen LogP contribution is 2.29. The molecule has 21 heavy (non-hydrogen) atoms. The molecule has 0 aliphatic heterocycles. The Morgan fingerprint density at radius 2 is 2.24 bits per heavy atom. The first-order valence-electron chi connectivity index (χ1n) is 7.18. The Kier molecular flexibility index (Phi) is 5.82. The summed E-state index contributed by atoms with van der Waals surface area (Å²) in [4.78, 5) is 4.39. The number of hydrogen-bond donors (Lipinski definition) is 1. The maximum atomic E-state index is 5.29. The zero-order chi connectivity index (χ0) is 15.2. The van der Waals surface area contributed by atoms with Crippen LogP contribution in [0, 0.1) is 0 Å². The Morgan fingerprint density at radius 3 is 2.81 bits per heavy atom. The molecule has 0 radical (unpaired) electrons. The Hall–Kier alpha value is -1.33. The van der Waals surface area contributed by atoms with Crippen molar-refractivity contribution in [3.05, 3.63) is 46.5 Å². The molecule has 1 heterocycles. The summed E-state index contributed by atoms with van der Waals surface area (Å²) in [6, 6.07) is 6.57. The molecule has 0 aliphatic carbocycles. The first-order chi connectivity index (χ1) is 10.2. The van der Waals surface area contributed by atoms with Gasteiger partial charge in [0.05, 0.1) is 11.6 Å². The molecule has 1 N–H and O–H groups in total. The minimum atomic E-state index is 0.314. The number of halogens is 1. The lowest BCUT2D eigenvalue weighted by molar-refractivity contribution is 0.411. The molecule has 1 atom stereocenters. The summed E-state index contributed by atoms with van der Waals surface area (Å²) in [5.41, 5.74) is 1.26. The standard InChI is InChI=1S/C16H22BrN3O/c1-4-18-14(6-8-16-19-9-10-20(16)2)12-5-7-15(21-3)13(17)11-12/h5,7,9-11,14,18H,4,6,8H2,1-3H3. The van der Waals surface area contributed by atoms with Gasteiger partial charge in [-0.15, -0.1) is 0 Å². The molecule has 0 saturated carbocycles. The number of aromatic nitrogens is 2. The zero-order valence-corrected chi connectivity index (χ0v) is 14.4. The maximum absolute atomic E-state index is 5.29. The Labute approximate surface area is 134 Å². The van der Waals surface area contributed by atoms with E-state index in [1.165, 1.54) is 5.56 Å². The molecule has 1 aromatic heterocycles. The summed E-state index contributed by atoms with van der Waals surface area (Å²) in [6.07, 6.45) is 5.80. The highest BCUT2D eigenvalue weighted by atomic mass is 79.9. The van der Waals surface area contributed by atoms with Gasteiger partial charge >= 0.3 is 0 Å². The lowest BCUT2D eigenvalue weighted by Crippen LogP contribution is -2.22. The average Bonchev–Trinajstić information content (AvgIpc) is 2.89. The van der Waals surface area contributed by atoms with Gasteiger partial charge in [0.25, 0.3) is 0 Å². The average molecular weight is 352 g/mol. The van der Waals surface area contributed by atoms with Crippen LogP contribution in [0.2, 0.25) is 0 Å². The molecular formula is C16H22BrN3O. The smallest absolute Gasteiger partial charge is 0.133 e. The predicted molar refractivity (Wildman–Crippen MR) is 88.6 cm³/mol. The number of nitrogens with one attached hydrogen (secondary N) is 1. The molecule has 0 fully saturated rings. The fraction of sp³-hybridized carbons (Fsp3) is 0.438. The molecule has 1 aromatic carbocycles. The van der Waals surface area contributed by atoms with Gasteiger partial charge < -0.3 is 14.6 Å². The number of ether oxygens (including phenoxy) is 1. The van der Waals surface area contributed by atoms with Crippen LogP contribution in [0.1, 0.15) is 30.8 Å². The topological polar surface area (TPSA) is 39.1 Å². The maximum Gasteiger partial charge on any atom is 0.133 e. The Balaban J connectivity index is 2.11. The van der Waals surface area contributed by atoms with Crippen LogP contribution in [-0.2, 0) is 13.5 Å². The molecule has 0 aliphatic rings. The highest BCUT2D eigenvalue weighted by Gasteiger charge is 2.13. The van der Waals surface area contributed by atoms with E-state index in [1.54, 1.807) is 7.11 Å². The van der Waals surface area contributed by atoms with Crippen LogP contribution >= 0.6 is 15.9 Å². The summed E-state index contributed by atoms with van der Waals surface area (Å²) in [6.45, 7) is 3.07. The van der Waals surface area contributed by atoms with Crippen LogP contribution < -0.4 is 10.1 Å². The number of hydrogen-bond acceptors (Lipinski definition) is 3. The fourth-order valence-corrected chi connectivity index (χ4v) is 3.00. The van der Waals surface area contributed by atoms with E-state index in [1.807, 2.05) is 25.5 Å². The molecule has 0 amide bonds. The van der Waals surface area contributed by atoms with E-state index in [0.717, 1.165) is 35.4 Å². The van der Waals surface area contributed by atoms with Gasteiger partial charge in [0.15, 0.2) is 0 Å². The first kappa shape index (κ1) is 16.0. The second-order valence-corrected chi connectivity index (χ2v) is 5.85. The highest BCUT2D eigenvalue weighted by molar-refractivity contribution is 9.10. The van der Waals surface area contributed by atoms with Gasteiger partial charge in [-0.25, -0.2) is 4.98 Å². The summed E-state index contributed by atoms with van der Waals surface area (Å²) in [5.74, 6) is 1.98. The van der Waals surface area contributed by atoms with Crippen LogP contribution in [0.15, 0.2) is 35.1 Å². The van der Waals surface area contributed by atoms with E-state index in [4.69, 9.17) is 4.74 Å². The summed E-state index contributed by atoms with van der Waals surface area (Å²) in [7, 11) is 3.72.